The van der Waals surface area contributed by atoms with Crippen LogP contribution >= 0.6 is 0 Å². The summed E-state index contributed by atoms with van der Waals surface area (Å²) in [6, 6.07) is 11.3. The van der Waals surface area contributed by atoms with Crippen LogP contribution in [0.3, 0.4) is 0 Å². The molecule has 0 fully saturated rings. The quantitative estimate of drug-likeness (QED) is 0.841. The molecule has 0 bridgehead atoms. The summed E-state index contributed by atoms with van der Waals surface area (Å²) in [7, 11) is 0. The maximum atomic E-state index is 8.65. The summed E-state index contributed by atoms with van der Waals surface area (Å²) in [5, 5.41) is 11.8. The molecule has 2 aromatic rings. The summed E-state index contributed by atoms with van der Waals surface area (Å²) in [4.78, 5) is 7.89. The summed E-state index contributed by atoms with van der Waals surface area (Å²) < 4.78 is 0. The Bertz CT molecular complexity index is 485. The number of anilines is 1. The number of rotatable bonds is 3. The van der Waals surface area contributed by atoms with Crippen LogP contribution in [-0.2, 0) is 6.54 Å². The summed E-state index contributed by atoms with van der Waals surface area (Å²) in [5.74, 6) is 0.791. The third-order valence-corrected chi connectivity index (χ3v) is 2.14. The van der Waals surface area contributed by atoms with Gasteiger partial charge in [0.05, 0.1) is 11.6 Å². The van der Waals surface area contributed by atoms with Crippen molar-refractivity contribution in [3.8, 4) is 6.07 Å². The largest absolute Gasteiger partial charge is 0.366 e. The average Bonchev–Trinajstić information content (AvgIpc) is 2.38. The fourth-order valence-corrected chi connectivity index (χ4v) is 1.29. The van der Waals surface area contributed by atoms with Crippen molar-refractivity contribution >= 4 is 5.82 Å². The van der Waals surface area contributed by atoms with E-state index in [-0.39, 0.29) is 0 Å². The zero-order chi connectivity index (χ0) is 11.2. The molecule has 0 amide bonds. The highest BCUT2D eigenvalue weighted by Gasteiger charge is 1.95. The van der Waals surface area contributed by atoms with Gasteiger partial charge in [-0.25, -0.2) is 9.97 Å². The minimum atomic E-state index is 0.672. The lowest BCUT2D eigenvalue weighted by Gasteiger charge is -2.04. The standard InChI is InChI=1S/C12H10N4/c13-7-10-1-3-11(4-2-10)8-15-12-5-6-14-9-16-12/h1-6,9H,8H2,(H,14,15,16). The van der Waals surface area contributed by atoms with E-state index in [0.29, 0.717) is 12.1 Å². The van der Waals surface area contributed by atoms with E-state index >= 15 is 0 Å². The van der Waals surface area contributed by atoms with Crippen LogP contribution in [0, 0.1) is 11.3 Å². The maximum Gasteiger partial charge on any atom is 0.129 e. The molecule has 1 aromatic heterocycles. The SMILES string of the molecule is N#Cc1ccc(CNc2ccncn2)cc1. The van der Waals surface area contributed by atoms with E-state index < -0.39 is 0 Å². The van der Waals surface area contributed by atoms with Gasteiger partial charge in [0, 0.05) is 12.7 Å². The molecule has 0 aliphatic carbocycles. The van der Waals surface area contributed by atoms with E-state index in [1.54, 1.807) is 18.3 Å². The summed E-state index contributed by atoms with van der Waals surface area (Å²) in [6.45, 7) is 0.683. The molecule has 0 atom stereocenters. The monoisotopic (exact) mass is 210 g/mol. The van der Waals surface area contributed by atoms with Gasteiger partial charge in [0.1, 0.15) is 12.1 Å². The van der Waals surface area contributed by atoms with Crippen LogP contribution in [0.25, 0.3) is 0 Å². The highest BCUT2D eigenvalue weighted by atomic mass is 15.0. The van der Waals surface area contributed by atoms with Gasteiger partial charge in [-0.2, -0.15) is 5.26 Å². The third-order valence-electron chi connectivity index (χ3n) is 2.14. The van der Waals surface area contributed by atoms with E-state index in [1.165, 1.54) is 6.33 Å². The highest BCUT2D eigenvalue weighted by Crippen LogP contribution is 2.06. The first kappa shape index (κ1) is 10.1. The third kappa shape index (κ3) is 2.55. The molecule has 0 saturated carbocycles. The van der Waals surface area contributed by atoms with Crippen molar-refractivity contribution < 1.29 is 0 Å². The predicted octanol–water partition coefficient (Wildman–Crippen LogP) is 1.96. The first-order valence-electron chi connectivity index (χ1n) is 4.87. The Morgan fingerprint density at radius 2 is 2.00 bits per heavy atom. The number of benzene rings is 1. The zero-order valence-corrected chi connectivity index (χ0v) is 8.59. The molecule has 78 valence electrons. The van der Waals surface area contributed by atoms with Crippen LogP contribution in [0.4, 0.5) is 5.82 Å². The maximum absolute atomic E-state index is 8.65. The Hall–Kier alpha value is -2.41. The molecule has 0 saturated heterocycles. The van der Waals surface area contributed by atoms with Gasteiger partial charge in [-0.3, -0.25) is 0 Å². The van der Waals surface area contributed by atoms with Gasteiger partial charge in [-0.15, -0.1) is 0 Å². The van der Waals surface area contributed by atoms with Gasteiger partial charge < -0.3 is 5.32 Å². The topological polar surface area (TPSA) is 61.6 Å². The van der Waals surface area contributed by atoms with Gasteiger partial charge in [0.2, 0.25) is 0 Å². The number of nitrogens with zero attached hydrogens (tertiary/aromatic N) is 3. The second kappa shape index (κ2) is 4.89. The minimum Gasteiger partial charge on any atom is -0.366 e. The second-order valence-corrected chi connectivity index (χ2v) is 3.26. The molecule has 0 spiro atoms. The van der Waals surface area contributed by atoms with Crippen molar-refractivity contribution in [1.29, 1.82) is 5.26 Å². The molecule has 0 aliphatic rings. The number of aromatic nitrogens is 2. The Morgan fingerprint density at radius 1 is 1.19 bits per heavy atom. The first-order valence-corrected chi connectivity index (χ1v) is 4.87. The molecule has 0 radical (unpaired) electrons. The van der Waals surface area contributed by atoms with Crippen molar-refractivity contribution in [2.75, 3.05) is 5.32 Å². The van der Waals surface area contributed by atoms with Crippen molar-refractivity contribution in [3.05, 3.63) is 54.0 Å². The minimum absolute atomic E-state index is 0.672. The van der Waals surface area contributed by atoms with E-state index in [9.17, 15) is 0 Å². The summed E-state index contributed by atoms with van der Waals surface area (Å²) in [5.41, 5.74) is 1.78. The van der Waals surface area contributed by atoms with Crippen molar-refractivity contribution in [2.45, 2.75) is 6.54 Å². The Balaban J connectivity index is 1.98. The number of hydrogen-bond acceptors (Lipinski definition) is 4. The molecule has 4 heteroatoms. The molecule has 0 aliphatic heterocycles. The van der Waals surface area contributed by atoms with E-state index in [1.807, 2.05) is 18.2 Å². The van der Waals surface area contributed by atoms with Crippen molar-refractivity contribution in [1.82, 2.24) is 9.97 Å². The normalized spacial score (nSPS) is 9.44. The van der Waals surface area contributed by atoms with Gasteiger partial charge in [-0.05, 0) is 23.8 Å². The van der Waals surface area contributed by atoms with Crippen molar-refractivity contribution in [2.24, 2.45) is 0 Å². The Labute approximate surface area is 93.6 Å². The average molecular weight is 210 g/mol. The molecule has 1 heterocycles. The van der Waals surface area contributed by atoms with Crippen LogP contribution < -0.4 is 5.32 Å². The molecule has 1 N–H and O–H groups in total. The van der Waals surface area contributed by atoms with Crippen molar-refractivity contribution in [3.63, 3.8) is 0 Å². The number of hydrogen-bond donors (Lipinski definition) is 1. The predicted molar refractivity (Wildman–Crippen MR) is 60.5 cm³/mol. The fraction of sp³-hybridized carbons (Fsp3) is 0.0833. The van der Waals surface area contributed by atoms with E-state index in [4.69, 9.17) is 5.26 Å². The van der Waals surface area contributed by atoms with Crippen LogP contribution in [-0.4, -0.2) is 9.97 Å². The van der Waals surface area contributed by atoms with Gasteiger partial charge in [0.25, 0.3) is 0 Å². The lowest BCUT2D eigenvalue weighted by atomic mass is 10.1. The summed E-state index contributed by atoms with van der Waals surface area (Å²) in [6.07, 6.45) is 3.19. The van der Waals surface area contributed by atoms with Crippen LogP contribution in [0.2, 0.25) is 0 Å². The zero-order valence-electron chi connectivity index (χ0n) is 8.59. The summed E-state index contributed by atoms with van der Waals surface area (Å²) >= 11 is 0. The highest BCUT2D eigenvalue weighted by molar-refractivity contribution is 5.36. The number of nitrogens with one attached hydrogen (secondary N) is 1. The van der Waals surface area contributed by atoms with Crippen LogP contribution in [0.1, 0.15) is 11.1 Å². The van der Waals surface area contributed by atoms with Gasteiger partial charge in [0.15, 0.2) is 0 Å². The lowest BCUT2D eigenvalue weighted by Crippen LogP contribution is -2.00. The second-order valence-electron chi connectivity index (χ2n) is 3.26. The lowest BCUT2D eigenvalue weighted by molar-refractivity contribution is 1.08. The molecule has 16 heavy (non-hydrogen) atoms. The molecule has 1 aromatic carbocycles. The molecule has 4 nitrogen and oxygen atoms in total. The van der Waals surface area contributed by atoms with E-state index in [2.05, 4.69) is 21.4 Å². The van der Waals surface area contributed by atoms with Gasteiger partial charge in [-0.1, -0.05) is 12.1 Å². The van der Waals surface area contributed by atoms with Gasteiger partial charge >= 0.3 is 0 Å². The molecule has 0 unspecified atom stereocenters. The molecule has 2 rings (SSSR count). The molecular formula is C12H10N4. The van der Waals surface area contributed by atoms with E-state index in [0.717, 1.165) is 11.4 Å². The molecular weight excluding hydrogens is 200 g/mol. The number of nitriles is 1. The smallest absolute Gasteiger partial charge is 0.129 e. The van der Waals surface area contributed by atoms with Crippen LogP contribution in [0.5, 0.6) is 0 Å². The Morgan fingerprint density at radius 3 is 2.62 bits per heavy atom. The first-order chi connectivity index (χ1) is 7.88. The fourth-order valence-electron chi connectivity index (χ4n) is 1.29. The Kier molecular flexibility index (Phi) is 3.10. The van der Waals surface area contributed by atoms with Crippen LogP contribution in [0.15, 0.2) is 42.9 Å².